The maximum atomic E-state index is 12.8. The molecule has 0 aliphatic heterocycles. The van der Waals surface area contributed by atoms with Crippen molar-refractivity contribution in [2.24, 2.45) is 0 Å². The van der Waals surface area contributed by atoms with E-state index in [0.29, 0.717) is 28.8 Å². The quantitative estimate of drug-likeness (QED) is 0.748. The van der Waals surface area contributed by atoms with Gasteiger partial charge in [-0.1, -0.05) is 17.3 Å². The molecule has 0 saturated carbocycles. The lowest BCUT2D eigenvalue weighted by Crippen LogP contribution is -2.15. The monoisotopic (exact) mass is 327 g/mol. The van der Waals surface area contributed by atoms with Gasteiger partial charge in [0.25, 0.3) is 0 Å². The molecule has 2 N–H and O–H groups in total. The summed E-state index contributed by atoms with van der Waals surface area (Å²) in [5, 5.41) is 17.2. The predicted octanol–water partition coefficient (Wildman–Crippen LogP) is 2.84. The molecule has 122 valence electrons. The van der Waals surface area contributed by atoms with E-state index in [-0.39, 0.29) is 18.1 Å². The van der Waals surface area contributed by atoms with E-state index < -0.39 is 0 Å². The number of halogens is 1. The lowest BCUT2D eigenvalue weighted by Gasteiger charge is -2.05. The maximum absolute atomic E-state index is 12.8. The van der Waals surface area contributed by atoms with Gasteiger partial charge in [-0.05, 0) is 36.8 Å². The van der Waals surface area contributed by atoms with Gasteiger partial charge in [-0.2, -0.15) is 0 Å². The van der Waals surface area contributed by atoms with Crippen LogP contribution in [0.2, 0.25) is 0 Å². The summed E-state index contributed by atoms with van der Waals surface area (Å²) in [6.45, 7) is 1.78. The smallest absolute Gasteiger partial charge is 0.229 e. The van der Waals surface area contributed by atoms with Gasteiger partial charge in [-0.25, -0.2) is 4.39 Å². The number of hydrogen-bond donors (Lipinski definition) is 2. The molecule has 0 aliphatic rings. The average Bonchev–Trinajstić information content (AvgIpc) is 2.96. The van der Waals surface area contributed by atoms with Crippen molar-refractivity contribution in [3.8, 4) is 0 Å². The Hall–Kier alpha value is -3.29. The Morgan fingerprint density at radius 1 is 1.08 bits per heavy atom. The standard InChI is InChI=1S/C16H14FN5O2/c1-10-8-15(22-24-10)18-13-6-7-14(21-20-13)19-16(23)9-11-2-4-12(17)5-3-11/h2-8H,9H2,1H3,(H,18,20,22)(H,19,21,23). The summed E-state index contributed by atoms with van der Waals surface area (Å²) < 4.78 is 17.8. The molecule has 1 aromatic carbocycles. The van der Waals surface area contributed by atoms with Gasteiger partial charge >= 0.3 is 0 Å². The molecule has 2 heterocycles. The molecule has 3 aromatic rings. The molecule has 7 nitrogen and oxygen atoms in total. The minimum Gasteiger partial charge on any atom is -0.360 e. The Balaban J connectivity index is 1.57. The van der Waals surface area contributed by atoms with Crippen LogP contribution in [0.4, 0.5) is 21.8 Å². The highest BCUT2D eigenvalue weighted by atomic mass is 19.1. The van der Waals surface area contributed by atoms with Crippen LogP contribution in [-0.2, 0) is 11.2 Å². The Morgan fingerprint density at radius 3 is 2.42 bits per heavy atom. The van der Waals surface area contributed by atoms with Crippen molar-refractivity contribution in [1.82, 2.24) is 15.4 Å². The van der Waals surface area contributed by atoms with E-state index in [4.69, 9.17) is 4.52 Å². The SMILES string of the molecule is Cc1cc(Nc2ccc(NC(=O)Cc3ccc(F)cc3)nn2)no1. The molecule has 8 heteroatoms. The van der Waals surface area contributed by atoms with Gasteiger partial charge in [0.1, 0.15) is 11.6 Å². The lowest BCUT2D eigenvalue weighted by molar-refractivity contribution is -0.115. The third-order valence-corrected chi connectivity index (χ3v) is 3.09. The molecular weight excluding hydrogens is 313 g/mol. The number of hydrogen-bond acceptors (Lipinski definition) is 6. The van der Waals surface area contributed by atoms with E-state index in [2.05, 4.69) is 26.0 Å². The van der Waals surface area contributed by atoms with Crippen molar-refractivity contribution in [2.75, 3.05) is 10.6 Å². The highest BCUT2D eigenvalue weighted by molar-refractivity contribution is 5.91. The van der Waals surface area contributed by atoms with Gasteiger partial charge in [0.2, 0.25) is 5.91 Å². The van der Waals surface area contributed by atoms with Crippen molar-refractivity contribution >= 4 is 23.4 Å². The van der Waals surface area contributed by atoms with E-state index in [1.807, 2.05) is 0 Å². The normalized spacial score (nSPS) is 10.4. The van der Waals surface area contributed by atoms with Crippen molar-refractivity contribution < 1.29 is 13.7 Å². The lowest BCUT2D eigenvalue weighted by atomic mass is 10.1. The number of nitrogens with one attached hydrogen (secondary N) is 2. The van der Waals surface area contributed by atoms with Gasteiger partial charge in [0, 0.05) is 6.07 Å². The molecule has 0 spiro atoms. The van der Waals surface area contributed by atoms with Crippen LogP contribution in [0.25, 0.3) is 0 Å². The summed E-state index contributed by atoms with van der Waals surface area (Å²) in [4.78, 5) is 11.9. The molecule has 0 fully saturated rings. The fraction of sp³-hybridized carbons (Fsp3) is 0.125. The fourth-order valence-corrected chi connectivity index (χ4v) is 2.00. The van der Waals surface area contributed by atoms with E-state index in [9.17, 15) is 9.18 Å². The molecule has 0 saturated heterocycles. The van der Waals surface area contributed by atoms with Crippen LogP contribution in [0.1, 0.15) is 11.3 Å². The van der Waals surface area contributed by atoms with Crippen LogP contribution in [0.5, 0.6) is 0 Å². The average molecular weight is 327 g/mol. The van der Waals surface area contributed by atoms with Gasteiger partial charge in [-0.3, -0.25) is 4.79 Å². The zero-order valence-electron chi connectivity index (χ0n) is 12.8. The highest BCUT2D eigenvalue weighted by Gasteiger charge is 2.07. The summed E-state index contributed by atoms with van der Waals surface area (Å²) in [6, 6.07) is 10.7. The number of aryl methyl sites for hydroxylation is 1. The maximum Gasteiger partial charge on any atom is 0.229 e. The van der Waals surface area contributed by atoms with Crippen molar-refractivity contribution in [3.05, 3.63) is 59.6 Å². The van der Waals surface area contributed by atoms with E-state index in [0.717, 1.165) is 0 Å². The van der Waals surface area contributed by atoms with Gasteiger partial charge < -0.3 is 15.2 Å². The number of benzene rings is 1. The molecule has 3 rings (SSSR count). The van der Waals surface area contributed by atoms with E-state index >= 15 is 0 Å². The number of carbonyl (C=O) groups is 1. The first-order valence-electron chi connectivity index (χ1n) is 7.17. The Bertz CT molecular complexity index is 830. The highest BCUT2D eigenvalue weighted by Crippen LogP contribution is 2.14. The minimum atomic E-state index is -0.338. The third-order valence-electron chi connectivity index (χ3n) is 3.09. The Morgan fingerprint density at radius 2 is 1.79 bits per heavy atom. The predicted molar refractivity (Wildman–Crippen MR) is 85.3 cm³/mol. The summed E-state index contributed by atoms with van der Waals surface area (Å²) in [5.41, 5.74) is 0.710. The Kier molecular flexibility index (Phi) is 4.46. The van der Waals surface area contributed by atoms with Crippen LogP contribution in [0.3, 0.4) is 0 Å². The number of aromatic nitrogens is 3. The summed E-state index contributed by atoms with van der Waals surface area (Å²) in [6.07, 6.45) is 0.125. The second-order valence-corrected chi connectivity index (χ2v) is 5.10. The summed E-state index contributed by atoms with van der Waals surface area (Å²) >= 11 is 0. The zero-order chi connectivity index (χ0) is 16.9. The van der Waals surface area contributed by atoms with Crippen molar-refractivity contribution in [2.45, 2.75) is 13.3 Å². The third kappa shape index (κ3) is 4.13. The van der Waals surface area contributed by atoms with Gasteiger partial charge in [-0.15, -0.1) is 10.2 Å². The minimum absolute atomic E-state index is 0.125. The van der Waals surface area contributed by atoms with Crippen molar-refractivity contribution in [1.29, 1.82) is 0 Å². The van der Waals surface area contributed by atoms with Crippen LogP contribution in [-0.4, -0.2) is 21.3 Å². The molecule has 1 amide bonds. The number of rotatable bonds is 5. The number of amides is 1. The molecule has 0 atom stereocenters. The van der Waals surface area contributed by atoms with Crippen LogP contribution < -0.4 is 10.6 Å². The summed E-state index contributed by atoms with van der Waals surface area (Å²) in [5.74, 6) is 1.40. The second-order valence-electron chi connectivity index (χ2n) is 5.10. The molecule has 24 heavy (non-hydrogen) atoms. The second kappa shape index (κ2) is 6.86. The van der Waals surface area contributed by atoms with E-state index in [1.165, 1.54) is 12.1 Å². The van der Waals surface area contributed by atoms with Gasteiger partial charge in [0.05, 0.1) is 6.42 Å². The molecule has 0 bridgehead atoms. The first kappa shape index (κ1) is 15.6. The largest absolute Gasteiger partial charge is 0.360 e. The molecule has 0 aliphatic carbocycles. The van der Waals surface area contributed by atoms with Gasteiger partial charge in [0.15, 0.2) is 17.5 Å². The van der Waals surface area contributed by atoms with Crippen LogP contribution in [0, 0.1) is 12.7 Å². The summed E-state index contributed by atoms with van der Waals surface area (Å²) in [7, 11) is 0. The number of anilines is 3. The van der Waals surface area contributed by atoms with Crippen LogP contribution in [0.15, 0.2) is 47.0 Å². The zero-order valence-corrected chi connectivity index (χ0v) is 12.8. The molecular formula is C16H14FN5O2. The first-order valence-corrected chi connectivity index (χ1v) is 7.17. The molecule has 0 radical (unpaired) electrons. The fourth-order valence-electron chi connectivity index (χ4n) is 2.00. The van der Waals surface area contributed by atoms with Crippen LogP contribution >= 0.6 is 0 Å². The topological polar surface area (TPSA) is 92.9 Å². The Labute approximate surface area is 136 Å². The first-order chi connectivity index (χ1) is 11.6. The number of carbonyl (C=O) groups excluding carboxylic acids is 1. The molecule has 2 aromatic heterocycles. The van der Waals surface area contributed by atoms with E-state index in [1.54, 1.807) is 37.3 Å². The molecule has 0 unspecified atom stereocenters. The van der Waals surface area contributed by atoms with Crippen molar-refractivity contribution in [3.63, 3.8) is 0 Å². The number of nitrogens with zero attached hydrogens (tertiary/aromatic N) is 3.